The van der Waals surface area contributed by atoms with Gasteiger partial charge in [0.05, 0.1) is 0 Å². The molecule has 1 heterocycles. The fraction of sp³-hybridized carbons (Fsp3) is 0.143. The number of hydrogen-bond acceptors (Lipinski definition) is 7. The minimum Gasteiger partial charge on any atom is -0.479 e. The third kappa shape index (κ3) is 3.20. The van der Waals surface area contributed by atoms with E-state index in [9.17, 15) is 9.59 Å². The molecule has 0 aliphatic heterocycles. The molecule has 1 amide bonds. The van der Waals surface area contributed by atoms with Crippen molar-refractivity contribution in [3.05, 3.63) is 11.1 Å². The van der Waals surface area contributed by atoms with E-state index in [1.807, 2.05) is 0 Å². The molecule has 0 saturated carbocycles. The Morgan fingerprint density at radius 3 is 2.81 bits per heavy atom. The summed E-state index contributed by atoms with van der Waals surface area (Å²) in [6.07, 6.45) is 0. The number of nitrogens with one attached hydrogen (secondary N) is 1. The fourth-order valence-electron chi connectivity index (χ4n) is 0.753. The summed E-state index contributed by atoms with van der Waals surface area (Å²) in [5.41, 5.74) is 11.9. The van der Waals surface area contributed by atoms with Crippen molar-refractivity contribution >= 4 is 34.1 Å². The van der Waals surface area contributed by atoms with E-state index < -0.39 is 18.5 Å². The molecule has 8 nitrogen and oxygen atoms in total. The normalized spacial score (nSPS) is 11.1. The van der Waals surface area contributed by atoms with Crippen LogP contribution in [0, 0.1) is 0 Å². The molecule has 16 heavy (non-hydrogen) atoms. The highest BCUT2D eigenvalue weighted by atomic mass is 32.1. The van der Waals surface area contributed by atoms with Gasteiger partial charge in [-0.3, -0.25) is 10.5 Å². The van der Waals surface area contributed by atoms with Crippen LogP contribution < -0.4 is 11.5 Å². The summed E-state index contributed by atoms with van der Waals surface area (Å²) in [7, 11) is 0. The van der Waals surface area contributed by atoms with Crippen molar-refractivity contribution in [1.82, 2.24) is 10.7 Å². The van der Waals surface area contributed by atoms with Gasteiger partial charge in [0.1, 0.15) is 5.69 Å². The van der Waals surface area contributed by atoms with E-state index >= 15 is 0 Å². The molecular weight excluding hydrogens is 236 g/mol. The molecule has 0 spiro atoms. The Kier molecular flexibility index (Phi) is 3.78. The van der Waals surface area contributed by atoms with Crippen molar-refractivity contribution in [1.29, 1.82) is 0 Å². The number of nitrogens with zero attached hydrogens (tertiary/aromatic N) is 2. The maximum atomic E-state index is 10.9. The van der Waals surface area contributed by atoms with Gasteiger partial charge >= 0.3 is 5.97 Å². The number of aliphatic carboxylic acids is 1. The number of carbonyl (C=O) groups is 2. The fourth-order valence-corrected chi connectivity index (χ4v) is 1.30. The predicted octanol–water partition coefficient (Wildman–Crippen LogP) is -0.660. The van der Waals surface area contributed by atoms with Gasteiger partial charge in [-0.1, -0.05) is 5.16 Å². The zero-order valence-electron chi connectivity index (χ0n) is 7.84. The number of oxime groups is 1. The number of nitrogen functional groups attached to an aromatic ring is 1. The first-order chi connectivity index (χ1) is 7.50. The second-order valence-electron chi connectivity index (χ2n) is 2.51. The molecule has 85 valence electrons. The highest BCUT2D eigenvalue weighted by molar-refractivity contribution is 7.13. The number of carboxylic acids is 1. The molecule has 1 radical (unpaired) electrons. The number of aromatic nitrogens is 1. The summed E-state index contributed by atoms with van der Waals surface area (Å²) < 4.78 is 0. The van der Waals surface area contributed by atoms with Gasteiger partial charge in [-0.25, -0.2) is 9.78 Å². The first-order valence-electron chi connectivity index (χ1n) is 3.89. The lowest BCUT2D eigenvalue weighted by Crippen LogP contribution is -2.18. The minimum atomic E-state index is -1.24. The second kappa shape index (κ2) is 5.07. The SMILES string of the molecule is [NH]C(=O)/C(=N/OCC(=O)O)c1csc(N)n1. The zero-order valence-corrected chi connectivity index (χ0v) is 8.65. The van der Waals surface area contributed by atoms with Crippen LogP contribution in [0.15, 0.2) is 10.5 Å². The van der Waals surface area contributed by atoms with Gasteiger partial charge in [0.25, 0.3) is 5.91 Å². The number of nitrogens with two attached hydrogens (primary N) is 1. The average Bonchev–Trinajstić information content (AvgIpc) is 2.58. The van der Waals surface area contributed by atoms with E-state index in [0.717, 1.165) is 11.3 Å². The third-order valence-corrected chi connectivity index (χ3v) is 2.00. The van der Waals surface area contributed by atoms with Crippen LogP contribution in [0.25, 0.3) is 0 Å². The average molecular weight is 243 g/mol. The number of carboxylic acid groups (broad SMARTS) is 1. The van der Waals surface area contributed by atoms with Crippen molar-refractivity contribution < 1.29 is 19.5 Å². The number of thiazole rings is 1. The third-order valence-electron chi connectivity index (χ3n) is 1.32. The van der Waals surface area contributed by atoms with Gasteiger partial charge in [-0.2, -0.15) is 0 Å². The first kappa shape index (κ1) is 11.9. The Labute approximate surface area is 93.5 Å². The number of amides is 1. The van der Waals surface area contributed by atoms with Crippen LogP contribution >= 0.6 is 11.3 Å². The lowest BCUT2D eigenvalue weighted by atomic mass is 10.3. The second-order valence-corrected chi connectivity index (χ2v) is 3.40. The van der Waals surface area contributed by atoms with Crippen molar-refractivity contribution in [3.63, 3.8) is 0 Å². The largest absolute Gasteiger partial charge is 0.479 e. The molecular formula is C7H7N4O4S. The minimum absolute atomic E-state index is 0.0906. The van der Waals surface area contributed by atoms with Crippen LogP contribution in [0.1, 0.15) is 5.69 Å². The molecule has 9 heteroatoms. The van der Waals surface area contributed by atoms with Gasteiger partial charge in [0.2, 0.25) is 6.61 Å². The number of hydrogen-bond donors (Lipinski definition) is 2. The molecule has 0 unspecified atom stereocenters. The van der Waals surface area contributed by atoms with E-state index in [2.05, 4.69) is 15.0 Å². The predicted molar refractivity (Wildman–Crippen MR) is 54.8 cm³/mol. The number of carbonyl (C=O) groups excluding carboxylic acids is 1. The molecule has 1 aromatic rings. The summed E-state index contributed by atoms with van der Waals surface area (Å²) in [6, 6.07) is 0. The molecule has 0 atom stereocenters. The lowest BCUT2D eigenvalue weighted by molar-refractivity contribution is -0.142. The van der Waals surface area contributed by atoms with Gasteiger partial charge in [-0.05, 0) is 0 Å². The molecule has 0 aromatic carbocycles. The maximum Gasteiger partial charge on any atom is 0.344 e. The molecule has 0 fully saturated rings. The van der Waals surface area contributed by atoms with E-state index in [1.165, 1.54) is 5.38 Å². The summed E-state index contributed by atoms with van der Waals surface area (Å²) in [5, 5.41) is 13.1. The molecule has 0 aliphatic carbocycles. The molecule has 1 rings (SSSR count). The van der Waals surface area contributed by atoms with E-state index in [-0.39, 0.29) is 16.5 Å². The van der Waals surface area contributed by atoms with Crippen LogP contribution in [0.3, 0.4) is 0 Å². The summed E-state index contributed by atoms with van der Waals surface area (Å²) in [6.45, 7) is -0.698. The highest BCUT2D eigenvalue weighted by Crippen LogP contribution is 2.12. The monoisotopic (exact) mass is 243 g/mol. The van der Waals surface area contributed by atoms with Crippen LogP contribution in [0.5, 0.6) is 0 Å². The Balaban J connectivity index is 2.83. The van der Waals surface area contributed by atoms with Crippen LogP contribution in [-0.2, 0) is 14.4 Å². The molecule has 0 bridgehead atoms. The van der Waals surface area contributed by atoms with Crippen molar-refractivity contribution in [2.45, 2.75) is 0 Å². The Hall–Kier alpha value is -2.16. The number of anilines is 1. The van der Waals surface area contributed by atoms with Gasteiger partial charge < -0.3 is 15.7 Å². The Morgan fingerprint density at radius 1 is 1.69 bits per heavy atom. The van der Waals surface area contributed by atoms with Gasteiger partial charge in [0, 0.05) is 5.38 Å². The lowest BCUT2D eigenvalue weighted by Gasteiger charge is -1.97. The first-order valence-corrected chi connectivity index (χ1v) is 4.77. The smallest absolute Gasteiger partial charge is 0.344 e. The topological polar surface area (TPSA) is 139 Å². The van der Waals surface area contributed by atoms with Crippen molar-refractivity contribution in [2.75, 3.05) is 12.3 Å². The quantitative estimate of drug-likeness (QED) is 0.519. The summed E-state index contributed by atoms with van der Waals surface area (Å²) in [5.74, 6) is -2.37. The maximum absolute atomic E-state index is 10.9. The summed E-state index contributed by atoms with van der Waals surface area (Å²) in [4.78, 5) is 29.1. The summed E-state index contributed by atoms with van der Waals surface area (Å²) >= 11 is 1.07. The molecule has 0 saturated heterocycles. The number of rotatable bonds is 5. The Bertz CT molecular complexity index is 441. The standard InChI is InChI=1S/C7H7N4O4S/c8-6(14)5(11-15-1-4(12)13)3-2-16-7(9)10-3/h2,8H,1H2,(H2,9,10)(H,12,13)/b11-5+. The van der Waals surface area contributed by atoms with Crippen molar-refractivity contribution in [3.8, 4) is 0 Å². The molecule has 0 aliphatic rings. The van der Waals surface area contributed by atoms with Gasteiger partial charge in [0.15, 0.2) is 10.8 Å². The van der Waals surface area contributed by atoms with Gasteiger partial charge in [-0.15, -0.1) is 11.3 Å². The molecule has 4 N–H and O–H groups in total. The zero-order chi connectivity index (χ0) is 12.1. The van der Waals surface area contributed by atoms with Crippen LogP contribution in [0.4, 0.5) is 5.13 Å². The molecule has 1 aromatic heterocycles. The van der Waals surface area contributed by atoms with E-state index in [1.54, 1.807) is 0 Å². The van der Waals surface area contributed by atoms with E-state index in [0.29, 0.717) is 0 Å². The van der Waals surface area contributed by atoms with Crippen LogP contribution in [0.2, 0.25) is 0 Å². The van der Waals surface area contributed by atoms with Crippen molar-refractivity contribution in [2.24, 2.45) is 5.16 Å². The highest BCUT2D eigenvalue weighted by Gasteiger charge is 2.15. The van der Waals surface area contributed by atoms with Crippen LogP contribution in [-0.4, -0.2) is 34.3 Å². The van der Waals surface area contributed by atoms with E-state index in [4.69, 9.17) is 16.6 Å². The Morgan fingerprint density at radius 2 is 2.38 bits per heavy atom.